The molecule has 1 saturated heterocycles. The first kappa shape index (κ1) is 11.2. The van der Waals surface area contributed by atoms with Crippen molar-refractivity contribution in [3.63, 3.8) is 0 Å². The number of hydrogen-bond donors (Lipinski definition) is 2. The maximum atomic E-state index is 5.83. The molecule has 0 amide bonds. The van der Waals surface area contributed by atoms with E-state index in [-0.39, 0.29) is 5.60 Å². The molecule has 1 aliphatic carbocycles. The van der Waals surface area contributed by atoms with Gasteiger partial charge in [-0.25, -0.2) is 4.98 Å². The lowest BCUT2D eigenvalue weighted by molar-refractivity contribution is -0.0789. The molecule has 1 aliphatic heterocycles. The molecule has 0 spiro atoms. The van der Waals surface area contributed by atoms with Gasteiger partial charge >= 0.3 is 0 Å². The first-order valence-corrected chi connectivity index (χ1v) is 6.51. The van der Waals surface area contributed by atoms with Crippen LogP contribution in [0.2, 0.25) is 0 Å². The third-order valence-corrected chi connectivity index (χ3v) is 3.82. The van der Waals surface area contributed by atoms with Crippen molar-refractivity contribution in [1.29, 1.82) is 0 Å². The van der Waals surface area contributed by atoms with Crippen LogP contribution in [0.25, 0.3) is 0 Å². The zero-order chi connectivity index (χ0) is 11.7. The Morgan fingerprint density at radius 1 is 1.35 bits per heavy atom. The predicted molar refractivity (Wildman–Crippen MR) is 63.7 cm³/mol. The molecule has 2 N–H and O–H groups in total. The van der Waals surface area contributed by atoms with Crippen LogP contribution in [0, 0.1) is 0 Å². The Bertz CT molecular complexity index is 380. The summed E-state index contributed by atoms with van der Waals surface area (Å²) in [5.41, 5.74) is -0.0136. The average molecular weight is 236 g/mol. The van der Waals surface area contributed by atoms with Gasteiger partial charge in [0.2, 0.25) is 0 Å². The van der Waals surface area contributed by atoms with E-state index in [4.69, 9.17) is 4.74 Å². The standard InChI is InChI=1S/C12H20N4O/c1-12(7-13-8-12)17-6-10-14-11(16-15-10)9-4-2-3-5-9/h9,13H,2-8H2,1H3,(H,14,15,16). The highest BCUT2D eigenvalue weighted by molar-refractivity contribution is 5.00. The van der Waals surface area contributed by atoms with E-state index in [1.54, 1.807) is 0 Å². The van der Waals surface area contributed by atoms with Gasteiger partial charge in [-0.05, 0) is 19.8 Å². The molecule has 1 aromatic heterocycles. The Morgan fingerprint density at radius 3 is 2.76 bits per heavy atom. The van der Waals surface area contributed by atoms with E-state index >= 15 is 0 Å². The van der Waals surface area contributed by atoms with Crippen LogP contribution >= 0.6 is 0 Å². The third-order valence-electron chi connectivity index (χ3n) is 3.82. The van der Waals surface area contributed by atoms with Gasteiger partial charge in [-0.3, -0.25) is 5.10 Å². The van der Waals surface area contributed by atoms with Crippen molar-refractivity contribution in [2.45, 2.75) is 50.7 Å². The minimum atomic E-state index is -0.0136. The molecule has 17 heavy (non-hydrogen) atoms. The summed E-state index contributed by atoms with van der Waals surface area (Å²) >= 11 is 0. The first-order valence-electron chi connectivity index (χ1n) is 6.51. The van der Waals surface area contributed by atoms with Gasteiger partial charge in [-0.2, -0.15) is 5.10 Å². The van der Waals surface area contributed by atoms with E-state index in [1.165, 1.54) is 25.7 Å². The summed E-state index contributed by atoms with van der Waals surface area (Å²) in [6, 6.07) is 0. The van der Waals surface area contributed by atoms with Gasteiger partial charge in [-0.1, -0.05) is 12.8 Å². The van der Waals surface area contributed by atoms with Crippen molar-refractivity contribution in [3.05, 3.63) is 11.6 Å². The molecule has 2 aliphatic rings. The number of H-pyrrole nitrogens is 1. The summed E-state index contributed by atoms with van der Waals surface area (Å²) in [6.07, 6.45) is 5.10. The van der Waals surface area contributed by atoms with Gasteiger partial charge in [0.05, 0.1) is 5.60 Å². The number of nitrogens with zero attached hydrogens (tertiary/aromatic N) is 2. The van der Waals surface area contributed by atoms with E-state index in [1.807, 2.05) is 0 Å². The number of aromatic nitrogens is 3. The van der Waals surface area contributed by atoms with Crippen LogP contribution in [0.3, 0.4) is 0 Å². The van der Waals surface area contributed by atoms with Crippen LogP contribution in [0.1, 0.15) is 50.2 Å². The summed E-state index contributed by atoms with van der Waals surface area (Å²) in [5.74, 6) is 2.42. The average Bonchev–Trinajstić information content (AvgIpc) is 2.93. The van der Waals surface area contributed by atoms with Crippen molar-refractivity contribution < 1.29 is 4.74 Å². The number of ether oxygens (including phenoxy) is 1. The molecule has 2 heterocycles. The molecule has 5 nitrogen and oxygen atoms in total. The molecular weight excluding hydrogens is 216 g/mol. The quantitative estimate of drug-likeness (QED) is 0.828. The highest BCUT2D eigenvalue weighted by Gasteiger charge is 2.32. The fraction of sp³-hybridized carbons (Fsp3) is 0.833. The van der Waals surface area contributed by atoms with Crippen LogP contribution in [-0.2, 0) is 11.3 Å². The summed E-state index contributed by atoms with van der Waals surface area (Å²) in [7, 11) is 0. The Kier molecular flexibility index (Phi) is 2.88. The number of rotatable bonds is 4. The number of nitrogens with one attached hydrogen (secondary N) is 2. The summed E-state index contributed by atoms with van der Waals surface area (Å²) in [6.45, 7) is 4.52. The lowest BCUT2D eigenvalue weighted by Crippen LogP contribution is -2.58. The molecule has 0 radical (unpaired) electrons. The van der Waals surface area contributed by atoms with Gasteiger partial charge in [-0.15, -0.1) is 0 Å². The molecule has 0 atom stereocenters. The van der Waals surface area contributed by atoms with Crippen LogP contribution in [0.15, 0.2) is 0 Å². The van der Waals surface area contributed by atoms with Crippen LogP contribution in [0.4, 0.5) is 0 Å². The number of aromatic amines is 1. The van der Waals surface area contributed by atoms with E-state index < -0.39 is 0 Å². The molecular formula is C12H20N4O. The second-order valence-corrected chi connectivity index (χ2v) is 5.46. The number of hydrogen-bond acceptors (Lipinski definition) is 4. The summed E-state index contributed by atoms with van der Waals surface area (Å²) in [5, 5.41) is 10.5. The van der Waals surface area contributed by atoms with Gasteiger partial charge in [0.15, 0.2) is 11.6 Å². The molecule has 1 saturated carbocycles. The van der Waals surface area contributed by atoms with E-state index in [0.717, 1.165) is 24.7 Å². The smallest absolute Gasteiger partial charge is 0.153 e. The molecule has 0 unspecified atom stereocenters. The maximum absolute atomic E-state index is 5.83. The molecule has 0 aromatic carbocycles. The van der Waals surface area contributed by atoms with E-state index in [2.05, 4.69) is 27.4 Å². The largest absolute Gasteiger partial charge is 0.365 e. The van der Waals surface area contributed by atoms with Crippen LogP contribution < -0.4 is 5.32 Å². The van der Waals surface area contributed by atoms with Crippen LogP contribution in [0.5, 0.6) is 0 Å². The van der Waals surface area contributed by atoms with Gasteiger partial charge in [0, 0.05) is 19.0 Å². The topological polar surface area (TPSA) is 62.8 Å². The summed E-state index contributed by atoms with van der Waals surface area (Å²) < 4.78 is 5.83. The minimum Gasteiger partial charge on any atom is -0.365 e. The van der Waals surface area contributed by atoms with Gasteiger partial charge in [0.25, 0.3) is 0 Å². The molecule has 94 valence electrons. The van der Waals surface area contributed by atoms with Crippen molar-refractivity contribution in [2.75, 3.05) is 13.1 Å². The molecule has 0 bridgehead atoms. The van der Waals surface area contributed by atoms with E-state index in [9.17, 15) is 0 Å². The van der Waals surface area contributed by atoms with Crippen molar-refractivity contribution in [2.24, 2.45) is 0 Å². The second kappa shape index (κ2) is 4.38. The first-order chi connectivity index (χ1) is 8.25. The molecule has 2 fully saturated rings. The SMILES string of the molecule is CC1(OCc2nc(C3CCCC3)n[nH]2)CNC1. The molecule has 1 aromatic rings. The maximum Gasteiger partial charge on any atom is 0.153 e. The Balaban J connectivity index is 1.56. The van der Waals surface area contributed by atoms with Gasteiger partial charge in [0.1, 0.15) is 6.61 Å². The lowest BCUT2D eigenvalue weighted by Gasteiger charge is -2.38. The predicted octanol–water partition coefficient (Wildman–Crippen LogP) is 1.34. The second-order valence-electron chi connectivity index (χ2n) is 5.46. The minimum absolute atomic E-state index is 0.0136. The lowest BCUT2D eigenvalue weighted by atomic mass is 10.0. The Morgan fingerprint density at radius 2 is 2.12 bits per heavy atom. The zero-order valence-electron chi connectivity index (χ0n) is 10.3. The third kappa shape index (κ3) is 2.35. The fourth-order valence-corrected chi connectivity index (χ4v) is 2.56. The van der Waals surface area contributed by atoms with Crippen molar-refractivity contribution in [1.82, 2.24) is 20.5 Å². The fourth-order valence-electron chi connectivity index (χ4n) is 2.56. The zero-order valence-corrected chi connectivity index (χ0v) is 10.3. The summed E-state index contributed by atoms with van der Waals surface area (Å²) in [4.78, 5) is 4.54. The molecule has 3 rings (SSSR count). The van der Waals surface area contributed by atoms with Crippen LogP contribution in [-0.4, -0.2) is 33.9 Å². The molecule has 5 heteroatoms. The monoisotopic (exact) mass is 236 g/mol. The van der Waals surface area contributed by atoms with Crippen molar-refractivity contribution >= 4 is 0 Å². The van der Waals surface area contributed by atoms with E-state index in [0.29, 0.717) is 12.5 Å². The highest BCUT2D eigenvalue weighted by Crippen LogP contribution is 2.31. The normalized spacial score (nSPS) is 23.8. The Labute approximate surface area is 101 Å². The van der Waals surface area contributed by atoms with Crippen molar-refractivity contribution in [3.8, 4) is 0 Å². The highest BCUT2D eigenvalue weighted by atomic mass is 16.5. The Hall–Kier alpha value is -0.940. The van der Waals surface area contributed by atoms with Gasteiger partial charge < -0.3 is 10.1 Å².